The Balaban J connectivity index is 2.25. The summed E-state index contributed by atoms with van der Waals surface area (Å²) in [6.07, 6.45) is 2.86. The van der Waals surface area contributed by atoms with Crippen LogP contribution in [0.4, 0.5) is 0 Å². The standard InChI is InChI=1S/C14H26O2/c1-9(2)8-14-6-7-15-13(11(5)16-14)12(14)10(3)4/h9-13H,6-8H2,1-5H3/t11-,12?,13+,14+/m0/s1. The normalized spacial score (nSPS) is 43.3. The Hall–Kier alpha value is -0.0800. The Bertz CT molecular complexity index is 245. The second-order valence-electron chi connectivity index (χ2n) is 6.34. The van der Waals surface area contributed by atoms with Gasteiger partial charge in [0.15, 0.2) is 0 Å². The molecule has 16 heavy (non-hydrogen) atoms. The maximum absolute atomic E-state index is 6.33. The smallest absolute Gasteiger partial charge is 0.0892 e. The van der Waals surface area contributed by atoms with Crippen LogP contribution in [0.5, 0.6) is 0 Å². The summed E-state index contributed by atoms with van der Waals surface area (Å²) in [4.78, 5) is 0. The van der Waals surface area contributed by atoms with E-state index < -0.39 is 0 Å². The Morgan fingerprint density at radius 1 is 1.25 bits per heavy atom. The van der Waals surface area contributed by atoms with E-state index in [-0.39, 0.29) is 11.7 Å². The van der Waals surface area contributed by atoms with Crippen molar-refractivity contribution < 1.29 is 9.47 Å². The zero-order chi connectivity index (χ0) is 11.9. The van der Waals surface area contributed by atoms with Gasteiger partial charge in [0.05, 0.1) is 17.8 Å². The molecule has 1 unspecified atom stereocenters. The quantitative estimate of drug-likeness (QED) is 0.735. The van der Waals surface area contributed by atoms with Crippen LogP contribution in [0.3, 0.4) is 0 Å². The summed E-state index contributed by atoms with van der Waals surface area (Å²) >= 11 is 0. The van der Waals surface area contributed by atoms with Crippen molar-refractivity contribution in [1.82, 2.24) is 0 Å². The summed E-state index contributed by atoms with van der Waals surface area (Å²) in [6.45, 7) is 12.3. The fourth-order valence-corrected chi connectivity index (χ4v) is 3.90. The monoisotopic (exact) mass is 226 g/mol. The third kappa shape index (κ3) is 1.91. The molecule has 2 saturated heterocycles. The van der Waals surface area contributed by atoms with Crippen LogP contribution < -0.4 is 0 Å². The predicted octanol–water partition coefficient (Wildman–Crippen LogP) is 3.25. The molecule has 0 aliphatic carbocycles. The molecule has 2 aliphatic heterocycles. The molecule has 0 radical (unpaired) electrons. The highest BCUT2D eigenvalue weighted by molar-refractivity contribution is 5.04. The van der Waals surface area contributed by atoms with Crippen LogP contribution in [-0.2, 0) is 9.47 Å². The molecule has 0 N–H and O–H groups in total. The first kappa shape index (κ1) is 12.4. The minimum Gasteiger partial charge on any atom is -0.375 e. The van der Waals surface area contributed by atoms with Gasteiger partial charge in [-0.2, -0.15) is 0 Å². The molecule has 94 valence electrons. The lowest BCUT2D eigenvalue weighted by Gasteiger charge is -2.42. The van der Waals surface area contributed by atoms with Gasteiger partial charge in [0.2, 0.25) is 0 Å². The molecular weight excluding hydrogens is 200 g/mol. The number of fused-ring (bicyclic) bond motifs is 2. The maximum Gasteiger partial charge on any atom is 0.0892 e. The van der Waals surface area contributed by atoms with Gasteiger partial charge in [-0.15, -0.1) is 0 Å². The Morgan fingerprint density at radius 2 is 1.94 bits per heavy atom. The lowest BCUT2D eigenvalue weighted by molar-refractivity contribution is -0.101. The molecule has 2 heterocycles. The van der Waals surface area contributed by atoms with E-state index in [9.17, 15) is 0 Å². The molecular formula is C14H26O2. The van der Waals surface area contributed by atoms with Crippen LogP contribution in [0.1, 0.15) is 47.5 Å². The van der Waals surface area contributed by atoms with Crippen LogP contribution in [0.25, 0.3) is 0 Å². The topological polar surface area (TPSA) is 18.5 Å². The van der Waals surface area contributed by atoms with E-state index in [2.05, 4.69) is 34.6 Å². The number of hydrogen-bond acceptors (Lipinski definition) is 2. The summed E-state index contributed by atoms with van der Waals surface area (Å²) in [5.41, 5.74) is 0.102. The van der Waals surface area contributed by atoms with Gasteiger partial charge in [0.25, 0.3) is 0 Å². The number of hydrogen-bond donors (Lipinski definition) is 0. The Labute approximate surface area is 99.7 Å². The van der Waals surface area contributed by atoms with Crippen molar-refractivity contribution in [2.45, 2.75) is 65.3 Å². The van der Waals surface area contributed by atoms with Gasteiger partial charge < -0.3 is 9.47 Å². The van der Waals surface area contributed by atoms with Crippen LogP contribution >= 0.6 is 0 Å². The second kappa shape index (κ2) is 4.30. The first-order valence-corrected chi connectivity index (χ1v) is 6.75. The molecule has 2 rings (SSSR count). The summed E-state index contributed by atoms with van der Waals surface area (Å²) in [5, 5.41) is 0. The summed E-state index contributed by atoms with van der Waals surface area (Å²) in [7, 11) is 0. The first-order valence-electron chi connectivity index (χ1n) is 6.75. The zero-order valence-corrected chi connectivity index (χ0v) is 11.3. The Kier molecular flexibility index (Phi) is 3.33. The molecule has 0 amide bonds. The second-order valence-corrected chi connectivity index (χ2v) is 6.34. The van der Waals surface area contributed by atoms with Gasteiger partial charge in [-0.05, 0) is 25.2 Å². The van der Waals surface area contributed by atoms with E-state index in [1.165, 1.54) is 6.42 Å². The van der Waals surface area contributed by atoms with Crippen LogP contribution in [0.15, 0.2) is 0 Å². The molecule has 2 heteroatoms. The SMILES string of the molecule is CC(C)C[C@]12CCO[C@@H](C1C(C)C)[C@H](C)O2. The van der Waals surface area contributed by atoms with E-state index in [0.717, 1.165) is 13.0 Å². The average molecular weight is 226 g/mol. The van der Waals surface area contributed by atoms with Crippen molar-refractivity contribution >= 4 is 0 Å². The highest BCUT2D eigenvalue weighted by Gasteiger charge is 2.57. The maximum atomic E-state index is 6.33. The zero-order valence-electron chi connectivity index (χ0n) is 11.3. The van der Waals surface area contributed by atoms with Crippen molar-refractivity contribution in [3.05, 3.63) is 0 Å². The van der Waals surface area contributed by atoms with E-state index in [4.69, 9.17) is 9.47 Å². The molecule has 0 saturated carbocycles. The average Bonchev–Trinajstić information content (AvgIpc) is 2.29. The van der Waals surface area contributed by atoms with Crippen molar-refractivity contribution in [2.75, 3.05) is 6.61 Å². The molecule has 2 bridgehead atoms. The minimum atomic E-state index is 0.102. The lowest BCUT2D eigenvalue weighted by atomic mass is 9.71. The first-order chi connectivity index (χ1) is 7.46. The van der Waals surface area contributed by atoms with E-state index in [1.54, 1.807) is 0 Å². The molecule has 0 aromatic rings. The lowest BCUT2D eigenvalue weighted by Crippen LogP contribution is -2.47. The highest BCUT2D eigenvalue weighted by atomic mass is 16.6. The van der Waals surface area contributed by atoms with Gasteiger partial charge in [0.1, 0.15) is 0 Å². The van der Waals surface area contributed by atoms with Crippen molar-refractivity contribution in [1.29, 1.82) is 0 Å². The van der Waals surface area contributed by atoms with Crippen molar-refractivity contribution in [3.8, 4) is 0 Å². The van der Waals surface area contributed by atoms with E-state index in [0.29, 0.717) is 23.9 Å². The number of ether oxygens (including phenoxy) is 2. The van der Waals surface area contributed by atoms with Crippen LogP contribution in [-0.4, -0.2) is 24.4 Å². The van der Waals surface area contributed by atoms with Gasteiger partial charge in [0, 0.05) is 18.9 Å². The van der Waals surface area contributed by atoms with Crippen LogP contribution in [0, 0.1) is 17.8 Å². The third-order valence-electron chi connectivity index (χ3n) is 4.15. The van der Waals surface area contributed by atoms with Crippen molar-refractivity contribution in [2.24, 2.45) is 17.8 Å². The molecule has 0 aromatic heterocycles. The molecule has 2 aliphatic rings. The summed E-state index contributed by atoms with van der Waals surface area (Å²) in [5.74, 6) is 1.93. The van der Waals surface area contributed by atoms with Gasteiger partial charge >= 0.3 is 0 Å². The fraction of sp³-hybridized carbons (Fsp3) is 1.00. The van der Waals surface area contributed by atoms with Gasteiger partial charge in [-0.3, -0.25) is 0 Å². The summed E-state index contributed by atoms with van der Waals surface area (Å²) < 4.78 is 12.3. The fourth-order valence-electron chi connectivity index (χ4n) is 3.90. The molecule has 0 aromatic carbocycles. The predicted molar refractivity (Wildman–Crippen MR) is 65.4 cm³/mol. The van der Waals surface area contributed by atoms with Gasteiger partial charge in [-0.1, -0.05) is 27.7 Å². The largest absolute Gasteiger partial charge is 0.375 e. The van der Waals surface area contributed by atoms with E-state index >= 15 is 0 Å². The van der Waals surface area contributed by atoms with Crippen molar-refractivity contribution in [3.63, 3.8) is 0 Å². The highest BCUT2D eigenvalue weighted by Crippen LogP contribution is 2.50. The number of rotatable bonds is 3. The van der Waals surface area contributed by atoms with Gasteiger partial charge in [-0.25, -0.2) is 0 Å². The minimum absolute atomic E-state index is 0.102. The molecule has 4 atom stereocenters. The molecule has 2 fully saturated rings. The van der Waals surface area contributed by atoms with Crippen LogP contribution in [0.2, 0.25) is 0 Å². The molecule has 0 spiro atoms. The van der Waals surface area contributed by atoms with E-state index in [1.807, 2.05) is 0 Å². The molecule has 2 nitrogen and oxygen atoms in total. The Morgan fingerprint density at radius 3 is 2.50 bits per heavy atom. The summed E-state index contributed by atoms with van der Waals surface area (Å²) in [6, 6.07) is 0. The third-order valence-corrected chi connectivity index (χ3v) is 4.15.